The summed E-state index contributed by atoms with van der Waals surface area (Å²) >= 11 is 0. The lowest BCUT2D eigenvalue weighted by Crippen LogP contribution is -2.50. The van der Waals surface area contributed by atoms with Crippen molar-refractivity contribution in [3.8, 4) is 5.75 Å². The molecule has 1 aromatic heterocycles. The molecule has 2 heterocycles. The Hall–Kier alpha value is -2.10. The molecule has 1 saturated heterocycles. The van der Waals surface area contributed by atoms with Crippen LogP contribution in [0.1, 0.15) is 25.5 Å². The molecule has 30 heavy (non-hydrogen) atoms. The molecule has 6 nitrogen and oxygen atoms in total. The van der Waals surface area contributed by atoms with Crippen LogP contribution in [0.5, 0.6) is 5.75 Å². The number of halogens is 2. The maximum atomic E-state index is 13.3. The van der Waals surface area contributed by atoms with Crippen molar-refractivity contribution in [3.05, 3.63) is 54.0 Å². The van der Waals surface area contributed by atoms with Crippen LogP contribution in [0, 0.1) is 12.7 Å². The van der Waals surface area contributed by atoms with Crippen LogP contribution in [0.3, 0.4) is 0 Å². The van der Waals surface area contributed by atoms with Gasteiger partial charge in [0.15, 0.2) is 5.96 Å². The van der Waals surface area contributed by atoms with Crippen LogP contribution in [0.15, 0.2) is 47.5 Å². The Labute approximate surface area is 195 Å². The Balaban J connectivity index is 0.00000320. The lowest BCUT2D eigenvalue weighted by atomic mass is 10.1. The van der Waals surface area contributed by atoms with E-state index in [9.17, 15) is 4.39 Å². The topological polar surface area (TPSA) is 61.8 Å². The van der Waals surface area contributed by atoms with Crippen molar-refractivity contribution in [2.24, 2.45) is 4.99 Å². The second-order valence-corrected chi connectivity index (χ2v) is 7.38. The van der Waals surface area contributed by atoms with Gasteiger partial charge in [0.1, 0.15) is 23.5 Å². The van der Waals surface area contributed by atoms with E-state index >= 15 is 0 Å². The highest BCUT2D eigenvalue weighted by Crippen LogP contribution is 2.18. The van der Waals surface area contributed by atoms with Crippen LogP contribution in [-0.4, -0.2) is 49.8 Å². The number of hydrogen-bond acceptors (Lipinski definition) is 4. The number of aromatic nitrogens is 1. The molecule has 1 aromatic carbocycles. The van der Waals surface area contributed by atoms with Crippen LogP contribution < -0.4 is 20.3 Å². The lowest BCUT2D eigenvalue weighted by Gasteiger charge is -2.34. The third-order valence-corrected chi connectivity index (χ3v) is 4.95. The van der Waals surface area contributed by atoms with Gasteiger partial charge in [0, 0.05) is 37.9 Å². The fourth-order valence-corrected chi connectivity index (χ4v) is 3.40. The van der Waals surface area contributed by atoms with Gasteiger partial charge in [-0.1, -0.05) is 12.1 Å². The number of aryl methyl sites for hydroxylation is 1. The van der Waals surface area contributed by atoms with Crippen LogP contribution in [-0.2, 0) is 0 Å². The molecular formula is C22H31FIN5O. The molecule has 0 radical (unpaired) electrons. The number of anilines is 1. The van der Waals surface area contributed by atoms with Gasteiger partial charge in [0.2, 0.25) is 0 Å². The molecule has 1 aliphatic heterocycles. The van der Waals surface area contributed by atoms with Crippen LogP contribution >= 0.6 is 24.0 Å². The Morgan fingerprint density at radius 3 is 2.67 bits per heavy atom. The van der Waals surface area contributed by atoms with Crippen molar-refractivity contribution < 1.29 is 9.13 Å². The summed E-state index contributed by atoms with van der Waals surface area (Å²) < 4.78 is 19.0. The highest BCUT2D eigenvalue weighted by atomic mass is 127. The number of piperidine rings is 1. The molecule has 164 valence electrons. The molecule has 3 rings (SSSR count). The van der Waals surface area contributed by atoms with Crippen molar-refractivity contribution in [3.63, 3.8) is 0 Å². The van der Waals surface area contributed by atoms with Crippen LogP contribution in [0.25, 0.3) is 0 Å². The largest absolute Gasteiger partial charge is 0.489 e. The zero-order valence-electron chi connectivity index (χ0n) is 17.8. The molecular weight excluding hydrogens is 496 g/mol. The van der Waals surface area contributed by atoms with Gasteiger partial charge in [-0.2, -0.15) is 0 Å². The average Bonchev–Trinajstić information content (AvgIpc) is 2.71. The number of pyridine rings is 1. The first-order valence-corrected chi connectivity index (χ1v) is 10.1. The van der Waals surface area contributed by atoms with E-state index in [-0.39, 0.29) is 35.9 Å². The summed E-state index contributed by atoms with van der Waals surface area (Å²) in [7, 11) is 1.76. The third-order valence-electron chi connectivity index (χ3n) is 4.95. The summed E-state index contributed by atoms with van der Waals surface area (Å²) in [6.45, 7) is 6.46. The predicted molar refractivity (Wildman–Crippen MR) is 131 cm³/mol. The van der Waals surface area contributed by atoms with Gasteiger partial charge in [0.05, 0.1) is 6.54 Å². The molecule has 0 amide bonds. The molecule has 1 aliphatic rings. The number of guanidine groups is 1. The van der Waals surface area contributed by atoms with E-state index in [1.54, 1.807) is 19.2 Å². The number of aliphatic imine (C=N–C) groups is 1. The second-order valence-electron chi connectivity index (χ2n) is 7.38. The normalized spacial score (nSPS) is 15.9. The molecule has 8 heteroatoms. The predicted octanol–water partition coefficient (Wildman–Crippen LogP) is 3.75. The van der Waals surface area contributed by atoms with Crippen molar-refractivity contribution in [1.82, 2.24) is 15.6 Å². The summed E-state index contributed by atoms with van der Waals surface area (Å²) in [5.74, 6) is 2.04. The zero-order valence-corrected chi connectivity index (χ0v) is 20.1. The highest BCUT2D eigenvalue weighted by molar-refractivity contribution is 14.0. The van der Waals surface area contributed by atoms with Gasteiger partial charge < -0.3 is 20.3 Å². The van der Waals surface area contributed by atoms with E-state index in [1.165, 1.54) is 12.1 Å². The van der Waals surface area contributed by atoms with E-state index in [0.29, 0.717) is 18.3 Å². The van der Waals surface area contributed by atoms with Crippen molar-refractivity contribution in [1.29, 1.82) is 0 Å². The Kier molecular flexibility index (Phi) is 9.61. The maximum absolute atomic E-state index is 13.3. The Morgan fingerprint density at radius 1 is 1.27 bits per heavy atom. The van der Waals surface area contributed by atoms with E-state index < -0.39 is 0 Å². The number of nitrogens with one attached hydrogen (secondary N) is 2. The zero-order chi connectivity index (χ0) is 20.6. The standard InChI is InChI=1S/C22H30FN5O.HI/c1-16-6-4-9-21(26-16)28-12-10-19(11-13-28)27-22(24-3)25-15-17(2)29-20-8-5-7-18(23)14-20;/h4-9,14,17,19H,10-13,15H2,1-3H3,(H2,24,25,27);1H. The van der Waals surface area contributed by atoms with E-state index in [1.807, 2.05) is 19.9 Å². The second kappa shape index (κ2) is 11.9. The summed E-state index contributed by atoms with van der Waals surface area (Å²) in [5.41, 5.74) is 1.04. The van der Waals surface area contributed by atoms with Gasteiger partial charge in [0.25, 0.3) is 0 Å². The molecule has 0 aliphatic carbocycles. The summed E-state index contributed by atoms with van der Waals surface area (Å²) in [6.07, 6.45) is 1.92. The summed E-state index contributed by atoms with van der Waals surface area (Å²) in [6, 6.07) is 12.7. The molecule has 1 unspecified atom stereocenters. The first-order chi connectivity index (χ1) is 14.0. The SMILES string of the molecule is CN=C(NCC(C)Oc1cccc(F)c1)NC1CCN(c2cccc(C)n2)CC1.I. The molecule has 1 atom stereocenters. The highest BCUT2D eigenvalue weighted by Gasteiger charge is 2.21. The smallest absolute Gasteiger partial charge is 0.191 e. The Bertz CT molecular complexity index is 827. The van der Waals surface area contributed by atoms with Crippen LogP contribution in [0.2, 0.25) is 0 Å². The lowest BCUT2D eigenvalue weighted by molar-refractivity contribution is 0.222. The summed E-state index contributed by atoms with van der Waals surface area (Å²) in [5, 5.41) is 6.79. The van der Waals surface area contributed by atoms with Gasteiger partial charge in [-0.15, -0.1) is 24.0 Å². The minimum atomic E-state index is -0.299. The molecule has 1 fully saturated rings. The van der Waals surface area contributed by atoms with E-state index in [4.69, 9.17) is 4.74 Å². The number of ether oxygens (including phenoxy) is 1. The van der Waals surface area contributed by atoms with Crippen molar-refractivity contribution in [2.75, 3.05) is 31.6 Å². The van der Waals surface area contributed by atoms with Crippen molar-refractivity contribution in [2.45, 2.75) is 38.8 Å². The third kappa shape index (κ3) is 7.30. The number of rotatable bonds is 6. The molecule has 2 N–H and O–H groups in total. The minimum Gasteiger partial charge on any atom is -0.489 e. The number of nitrogens with zero attached hydrogens (tertiary/aromatic N) is 3. The Morgan fingerprint density at radius 2 is 2.00 bits per heavy atom. The van der Waals surface area contributed by atoms with Crippen LogP contribution in [0.4, 0.5) is 10.2 Å². The summed E-state index contributed by atoms with van der Waals surface area (Å²) in [4.78, 5) is 11.3. The number of benzene rings is 1. The van der Waals surface area contributed by atoms with Gasteiger partial charge in [-0.3, -0.25) is 4.99 Å². The quantitative estimate of drug-likeness (QED) is 0.341. The average molecular weight is 527 g/mol. The number of hydrogen-bond donors (Lipinski definition) is 2. The van der Waals surface area contributed by atoms with Gasteiger partial charge in [-0.05, 0) is 51.0 Å². The maximum Gasteiger partial charge on any atom is 0.191 e. The molecule has 0 saturated carbocycles. The van der Waals surface area contributed by atoms with Crippen molar-refractivity contribution >= 4 is 35.8 Å². The van der Waals surface area contributed by atoms with E-state index in [2.05, 4.69) is 37.6 Å². The molecule has 2 aromatic rings. The van der Waals surface area contributed by atoms with E-state index in [0.717, 1.165) is 43.4 Å². The molecule has 0 spiro atoms. The van der Waals surface area contributed by atoms with Gasteiger partial charge in [-0.25, -0.2) is 9.37 Å². The molecule has 0 bridgehead atoms. The first kappa shape index (κ1) is 24.2. The minimum absolute atomic E-state index is 0. The fraction of sp³-hybridized carbons (Fsp3) is 0.455. The monoisotopic (exact) mass is 527 g/mol. The van der Waals surface area contributed by atoms with Gasteiger partial charge >= 0.3 is 0 Å². The fourth-order valence-electron chi connectivity index (χ4n) is 3.40. The first-order valence-electron chi connectivity index (χ1n) is 10.1.